The van der Waals surface area contributed by atoms with Crippen LogP contribution in [0.1, 0.15) is 48.0 Å². The molecule has 1 fully saturated rings. The second kappa shape index (κ2) is 7.11. The number of aryl methyl sites for hydroxylation is 1. The topological polar surface area (TPSA) is 73.1 Å². The number of rotatable bonds is 4. The molecule has 2 atom stereocenters. The van der Waals surface area contributed by atoms with Crippen LogP contribution in [0.15, 0.2) is 33.9 Å². The van der Waals surface area contributed by atoms with Gasteiger partial charge in [-0.3, -0.25) is 0 Å². The van der Waals surface area contributed by atoms with Crippen LogP contribution in [0.4, 0.5) is 0 Å². The fraction of sp³-hybridized carbons (Fsp3) is 0.556. The van der Waals surface area contributed by atoms with E-state index in [1.807, 2.05) is 0 Å². The van der Waals surface area contributed by atoms with Gasteiger partial charge in [0.1, 0.15) is 0 Å². The molecule has 25 heavy (non-hydrogen) atoms. The molecule has 2 aliphatic rings. The summed E-state index contributed by atoms with van der Waals surface area (Å²) in [6, 6.07) is 8.62. The van der Waals surface area contributed by atoms with E-state index in [0.29, 0.717) is 29.2 Å². The Morgan fingerprint density at radius 3 is 2.88 bits per heavy atom. The summed E-state index contributed by atoms with van der Waals surface area (Å²) in [6.45, 7) is 0. The van der Waals surface area contributed by atoms with Crippen LogP contribution in [-0.2, 0) is 22.7 Å². The van der Waals surface area contributed by atoms with Crippen LogP contribution >= 0.6 is 11.8 Å². The van der Waals surface area contributed by atoms with Gasteiger partial charge in [0.05, 0.1) is 11.5 Å². The van der Waals surface area contributed by atoms with E-state index in [0.717, 1.165) is 12.8 Å². The van der Waals surface area contributed by atoms with Crippen LogP contribution in [0.5, 0.6) is 0 Å². The molecular weight excluding hydrogens is 356 g/mol. The SMILES string of the molecule is O=S1(=O)CC[C@H](Cc2nnc(S[C@@H]3CCCCc4ccccc43)o2)C1. The molecule has 2 aromatic rings. The first-order valence-corrected chi connectivity index (χ1v) is 11.6. The third-order valence-electron chi connectivity index (χ3n) is 5.05. The van der Waals surface area contributed by atoms with Crippen molar-refractivity contribution in [1.82, 2.24) is 10.2 Å². The molecule has 1 aliphatic heterocycles. The van der Waals surface area contributed by atoms with Gasteiger partial charge in [0, 0.05) is 11.7 Å². The molecule has 1 aromatic carbocycles. The van der Waals surface area contributed by atoms with E-state index in [-0.39, 0.29) is 17.4 Å². The molecular formula is C18H22N2O3S2. The van der Waals surface area contributed by atoms with E-state index < -0.39 is 9.84 Å². The summed E-state index contributed by atoms with van der Waals surface area (Å²) in [5.74, 6) is 1.20. The largest absolute Gasteiger partial charge is 0.416 e. The molecule has 1 aromatic heterocycles. The Balaban J connectivity index is 1.45. The number of aromatic nitrogens is 2. The zero-order chi connectivity index (χ0) is 17.3. The van der Waals surface area contributed by atoms with Crippen LogP contribution in [0, 0.1) is 5.92 Å². The molecule has 0 saturated carbocycles. The minimum atomic E-state index is -2.86. The smallest absolute Gasteiger partial charge is 0.277 e. The number of nitrogens with zero attached hydrogens (tertiary/aromatic N) is 2. The van der Waals surface area contributed by atoms with Crippen molar-refractivity contribution in [1.29, 1.82) is 0 Å². The average molecular weight is 379 g/mol. The first kappa shape index (κ1) is 17.1. The van der Waals surface area contributed by atoms with Crippen molar-refractivity contribution in [3.05, 3.63) is 41.3 Å². The number of hydrogen-bond acceptors (Lipinski definition) is 6. The zero-order valence-electron chi connectivity index (χ0n) is 14.1. The van der Waals surface area contributed by atoms with Gasteiger partial charge < -0.3 is 4.42 Å². The third kappa shape index (κ3) is 4.08. The molecule has 0 spiro atoms. The molecule has 1 saturated heterocycles. The first-order valence-electron chi connectivity index (χ1n) is 8.86. The van der Waals surface area contributed by atoms with Gasteiger partial charge in [-0.15, -0.1) is 10.2 Å². The highest BCUT2D eigenvalue weighted by Gasteiger charge is 2.29. The van der Waals surface area contributed by atoms with E-state index >= 15 is 0 Å². The quantitative estimate of drug-likeness (QED) is 0.757. The summed E-state index contributed by atoms with van der Waals surface area (Å²) in [5, 5.41) is 9.27. The van der Waals surface area contributed by atoms with E-state index in [1.54, 1.807) is 11.8 Å². The van der Waals surface area contributed by atoms with Crippen molar-refractivity contribution in [3.8, 4) is 0 Å². The second-order valence-corrected chi connectivity index (χ2v) is 10.4. The zero-order valence-corrected chi connectivity index (χ0v) is 15.7. The molecule has 0 amide bonds. The maximum atomic E-state index is 11.6. The predicted octanol–water partition coefficient (Wildman–Crippen LogP) is 3.61. The van der Waals surface area contributed by atoms with E-state index in [4.69, 9.17) is 4.42 Å². The van der Waals surface area contributed by atoms with Gasteiger partial charge in [-0.25, -0.2) is 8.42 Å². The van der Waals surface area contributed by atoms with Crippen molar-refractivity contribution in [2.75, 3.05) is 11.5 Å². The molecule has 4 rings (SSSR count). The lowest BCUT2D eigenvalue weighted by Crippen LogP contribution is -2.07. The van der Waals surface area contributed by atoms with Gasteiger partial charge >= 0.3 is 0 Å². The van der Waals surface area contributed by atoms with Gasteiger partial charge in [-0.2, -0.15) is 0 Å². The molecule has 2 heterocycles. The maximum Gasteiger partial charge on any atom is 0.277 e. The standard InChI is InChI=1S/C18H22N2O3S2/c21-25(22)10-9-13(12-25)11-17-19-20-18(23-17)24-16-8-4-2-6-14-5-1-3-7-15(14)16/h1,3,5,7,13,16H,2,4,6,8-12H2/t13-,16-/m1/s1. The van der Waals surface area contributed by atoms with Gasteiger partial charge in [0.15, 0.2) is 9.84 Å². The first-order chi connectivity index (χ1) is 12.1. The molecule has 134 valence electrons. The molecule has 5 nitrogen and oxygen atoms in total. The van der Waals surface area contributed by atoms with E-state index in [1.165, 1.54) is 24.0 Å². The number of benzene rings is 1. The Bertz CT molecular complexity index is 848. The lowest BCUT2D eigenvalue weighted by Gasteiger charge is -2.14. The number of thioether (sulfide) groups is 1. The summed E-state index contributed by atoms with van der Waals surface area (Å²) < 4.78 is 29.0. The van der Waals surface area contributed by atoms with E-state index in [2.05, 4.69) is 34.5 Å². The minimum Gasteiger partial charge on any atom is -0.416 e. The summed E-state index contributed by atoms with van der Waals surface area (Å²) >= 11 is 1.64. The van der Waals surface area contributed by atoms with Crippen LogP contribution < -0.4 is 0 Å². The molecule has 0 bridgehead atoms. The van der Waals surface area contributed by atoms with Gasteiger partial charge in [0.25, 0.3) is 5.22 Å². The molecule has 0 unspecified atom stereocenters. The Morgan fingerprint density at radius 2 is 2.04 bits per heavy atom. The van der Waals surface area contributed by atoms with Crippen molar-refractivity contribution in [2.24, 2.45) is 5.92 Å². The number of hydrogen-bond donors (Lipinski definition) is 0. The average Bonchev–Trinajstić information content (AvgIpc) is 3.10. The predicted molar refractivity (Wildman–Crippen MR) is 97.4 cm³/mol. The fourth-order valence-electron chi connectivity index (χ4n) is 3.77. The summed E-state index contributed by atoms with van der Waals surface area (Å²) in [7, 11) is -2.86. The summed E-state index contributed by atoms with van der Waals surface area (Å²) in [6.07, 6.45) is 5.93. The number of fused-ring (bicyclic) bond motifs is 1. The Labute approximate surface area is 152 Å². The number of sulfone groups is 1. The van der Waals surface area contributed by atoms with Crippen molar-refractivity contribution < 1.29 is 12.8 Å². The molecule has 7 heteroatoms. The monoisotopic (exact) mass is 378 g/mol. The van der Waals surface area contributed by atoms with Crippen LogP contribution in [0.3, 0.4) is 0 Å². The molecule has 0 radical (unpaired) electrons. The van der Waals surface area contributed by atoms with Crippen LogP contribution in [-0.4, -0.2) is 30.1 Å². The highest BCUT2D eigenvalue weighted by molar-refractivity contribution is 7.99. The lowest BCUT2D eigenvalue weighted by molar-refractivity contribution is 0.388. The van der Waals surface area contributed by atoms with Crippen molar-refractivity contribution in [3.63, 3.8) is 0 Å². The highest BCUT2D eigenvalue weighted by Crippen LogP contribution is 2.42. The van der Waals surface area contributed by atoms with Crippen LogP contribution in [0.2, 0.25) is 0 Å². The Hall–Kier alpha value is -1.34. The maximum absolute atomic E-state index is 11.6. The lowest BCUT2D eigenvalue weighted by atomic mass is 10.0. The summed E-state index contributed by atoms with van der Waals surface area (Å²) in [4.78, 5) is 0. The highest BCUT2D eigenvalue weighted by atomic mass is 32.2. The Kier molecular flexibility index (Phi) is 4.86. The molecule has 1 aliphatic carbocycles. The summed E-state index contributed by atoms with van der Waals surface area (Å²) in [5.41, 5.74) is 2.81. The second-order valence-electron chi connectivity index (χ2n) is 6.99. The van der Waals surface area contributed by atoms with E-state index in [9.17, 15) is 8.42 Å². The minimum absolute atomic E-state index is 0.113. The van der Waals surface area contributed by atoms with Gasteiger partial charge in [-0.05, 0) is 42.7 Å². The molecule has 0 N–H and O–H groups in total. The van der Waals surface area contributed by atoms with Crippen molar-refractivity contribution in [2.45, 2.75) is 49.0 Å². The fourth-order valence-corrected chi connectivity index (χ4v) is 6.75. The van der Waals surface area contributed by atoms with Gasteiger partial charge in [0.2, 0.25) is 5.89 Å². The normalized spacial score (nSPS) is 25.4. The third-order valence-corrected chi connectivity index (χ3v) is 8.02. The Morgan fingerprint density at radius 1 is 1.16 bits per heavy atom. The van der Waals surface area contributed by atoms with Gasteiger partial charge in [-0.1, -0.05) is 42.4 Å². The van der Waals surface area contributed by atoms with Crippen molar-refractivity contribution >= 4 is 21.6 Å². The van der Waals surface area contributed by atoms with Crippen LogP contribution in [0.25, 0.3) is 0 Å².